The fourth-order valence-corrected chi connectivity index (χ4v) is 2.26. The number of hydrogen-bond donors (Lipinski definition) is 1. The number of methoxy groups -OCH3 is 1. The summed E-state index contributed by atoms with van der Waals surface area (Å²) >= 11 is 1.51. The van der Waals surface area contributed by atoms with E-state index in [0.29, 0.717) is 5.56 Å². The van der Waals surface area contributed by atoms with Gasteiger partial charge in [0.15, 0.2) is 0 Å². The maximum absolute atomic E-state index is 11.1. The number of nitrogens with two attached hydrogens (primary N) is 1. The standard InChI is InChI=1S/C10H9NO2S/c1-13-6-2-3-9-7(4-6)8(5-14-9)10(11)12/h2-5H,1H3,(H2,11,12). The summed E-state index contributed by atoms with van der Waals surface area (Å²) in [7, 11) is 1.59. The van der Waals surface area contributed by atoms with Crippen LogP contribution in [0.25, 0.3) is 10.1 Å². The van der Waals surface area contributed by atoms with Crippen molar-refractivity contribution in [3.8, 4) is 5.75 Å². The fraction of sp³-hybridized carbons (Fsp3) is 0.100. The first-order valence-corrected chi connectivity index (χ1v) is 4.95. The van der Waals surface area contributed by atoms with Crippen molar-refractivity contribution in [2.75, 3.05) is 7.11 Å². The highest BCUT2D eigenvalue weighted by molar-refractivity contribution is 7.17. The Balaban J connectivity index is 2.69. The van der Waals surface area contributed by atoms with Crippen LogP contribution in [0, 0.1) is 0 Å². The molecule has 2 aromatic rings. The number of fused-ring (bicyclic) bond motifs is 1. The molecule has 1 heterocycles. The van der Waals surface area contributed by atoms with Crippen molar-refractivity contribution >= 4 is 27.3 Å². The molecule has 2 rings (SSSR count). The minimum atomic E-state index is -0.399. The van der Waals surface area contributed by atoms with Gasteiger partial charge in [0, 0.05) is 15.5 Å². The van der Waals surface area contributed by atoms with Crippen LogP contribution in [0.4, 0.5) is 0 Å². The van der Waals surface area contributed by atoms with Crippen molar-refractivity contribution in [2.45, 2.75) is 0 Å². The van der Waals surface area contributed by atoms with Crippen LogP contribution in [0.5, 0.6) is 5.75 Å². The van der Waals surface area contributed by atoms with Gasteiger partial charge in [0.25, 0.3) is 0 Å². The second kappa shape index (κ2) is 3.31. The first-order valence-electron chi connectivity index (χ1n) is 4.07. The van der Waals surface area contributed by atoms with Crippen LogP contribution >= 0.6 is 11.3 Å². The molecule has 0 aliphatic heterocycles. The zero-order valence-electron chi connectivity index (χ0n) is 7.61. The van der Waals surface area contributed by atoms with E-state index in [-0.39, 0.29) is 0 Å². The van der Waals surface area contributed by atoms with Crippen LogP contribution in [-0.2, 0) is 0 Å². The van der Waals surface area contributed by atoms with E-state index in [2.05, 4.69) is 0 Å². The molecule has 0 saturated heterocycles. The zero-order valence-corrected chi connectivity index (χ0v) is 8.43. The van der Waals surface area contributed by atoms with Gasteiger partial charge in [0.2, 0.25) is 5.91 Å². The van der Waals surface area contributed by atoms with Gasteiger partial charge in [-0.1, -0.05) is 0 Å². The minimum absolute atomic E-state index is 0.399. The number of carbonyl (C=O) groups is 1. The van der Waals surface area contributed by atoms with E-state index in [9.17, 15) is 4.79 Å². The second-order valence-electron chi connectivity index (χ2n) is 2.88. The summed E-state index contributed by atoms with van der Waals surface area (Å²) in [6.07, 6.45) is 0. The topological polar surface area (TPSA) is 52.3 Å². The second-order valence-corrected chi connectivity index (χ2v) is 3.79. The predicted molar refractivity (Wildman–Crippen MR) is 56.9 cm³/mol. The average Bonchev–Trinajstić information content (AvgIpc) is 2.59. The summed E-state index contributed by atoms with van der Waals surface area (Å²) in [5.74, 6) is 0.336. The molecule has 2 N–H and O–H groups in total. The van der Waals surface area contributed by atoms with E-state index >= 15 is 0 Å². The first kappa shape index (κ1) is 9.02. The highest BCUT2D eigenvalue weighted by Gasteiger charge is 2.09. The zero-order chi connectivity index (χ0) is 10.1. The van der Waals surface area contributed by atoms with Crippen LogP contribution in [0.2, 0.25) is 0 Å². The van der Waals surface area contributed by atoms with E-state index < -0.39 is 5.91 Å². The Morgan fingerprint density at radius 1 is 1.50 bits per heavy atom. The van der Waals surface area contributed by atoms with Gasteiger partial charge in [-0.25, -0.2) is 0 Å². The predicted octanol–water partition coefficient (Wildman–Crippen LogP) is 2.01. The molecule has 14 heavy (non-hydrogen) atoms. The van der Waals surface area contributed by atoms with Gasteiger partial charge in [-0.3, -0.25) is 4.79 Å². The molecule has 3 nitrogen and oxygen atoms in total. The van der Waals surface area contributed by atoms with Crippen LogP contribution in [0.15, 0.2) is 23.6 Å². The SMILES string of the molecule is COc1ccc2scc(C(N)=O)c2c1. The number of benzene rings is 1. The number of amides is 1. The van der Waals surface area contributed by atoms with E-state index in [0.717, 1.165) is 15.8 Å². The number of hydrogen-bond acceptors (Lipinski definition) is 3. The fourth-order valence-electron chi connectivity index (χ4n) is 1.33. The lowest BCUT2D eigenvalue weighted by atomic mass is 10.1. The van der Waals surface area contributed by atoms with Crippen molar-refractivity contribution in [2.24, 2.45) is 5.73 Å². The largest absolute Gasteiger partial charge is 0.497 e. The Morgan fingerprint density at radius 2 is 2.29 bits per heavy atom. The highest BCUT2D eigenvalue weighted by atomic mass is 32.1. The number of thiophene rings is 1. The van der Waals surface area contributed by atoms with Crippen LogP contribution in [0.3, 0.4) is 0 Å². The lowest BCUT2D eigenvalue weighted by molar-refractivity contribution is 0.100. The number of rotatable bonds is 2. The molecule has 0 unspecified atom stereocenters. The van der Waals surface area contributed by atoms with Gasteiger partial charge in [0.05, 0.1) is 12.7 Å². The summed E-state index contributed by atoms with van der Waals surface area (Å²) in [5.41, 5.74) is 5.80. The molecule has 0 saturated carbocycles. The van der Waals surface area contributed by atoms with Crippen molar-refractivity contribution in [3.05, 3.63) is 29.1 Å². The molecule has 0 radical (unpaired) electrons. The van der Waals surface area contributed by atoms with E-state index in [1.54, 1.807) is 12.5 Å². The molecular weight excluding hydrogens is 198 g/mol. The number of ether oxygens (including phenoxy) is 1. The Labute approximate surface area is 85.1 Å². The van der Waals surface area contributed by atoms with E-state index in [4.69, 9.17) is 10.5 Å². The Hall–Kier alpha value is -1.55. The minimum Gasteiger partial charge on any atom is -0.497 e. The molecule has 0 atom stereocenters. The third kappa shape index (κ3) is 1.33. The van der Waals surface area contributed by atoms with E-state index in [1.165, 1.54) is 11.3 Å². The summed E-state index contributed by atoms with van der Waals surface area (Å²) in [6.45, 7) is 0. The van der Waals surface area contributed by atoms with Crippen molar-refractivity contribution in [1.82, 2.24) is 0 Å². The highest BCUT2D eigenvalue weighted by Crippen LogP contribution is 2.29. The Morgan fingerprint density at radius 3 is 2.93 bits per heavy atom. The molecule has 0 aliphatic carbocycles. The molecule has 0 aliphatic rings. The smallest absolute Gasteiger partial charge is 0.250 e. The summed E-state index contributed by atoms with van der Waals surface area (Å²) in [4.78, 5) is 11.1. The van der Waals surface area contributed by atoms with Crippen LogP contribution in [0.1, 0.15) is 10.4 Å². The van der Waals surface area contributed by atoms with Gasteiger partial charge in [-0.2, -0.15) is 0 Å². The first-order chi connectivity index (χ1) is 6.72. The third-order valence-corrected chi connectivity index (χ3v) is 3.01. The Bertz CT molecular complexity index is 490. The number of carbonyl (C=O) groups excluding carboxylic acids is 1. The molecule has 0 bridgehead atoms. The molecule has 4 heteroatoms. The molecule has 72 valence electrons. The van der Waals surface area contributed by atoms with Crippen molar-refractivity contribution in [1.29, 1.82) is 0 Å². The molecule has 0 fully saturated rings. The van der Waals surface area contributed by atoms with Crippen molar-refractivity contribution < 1.29 is 9.53 Å². The van der Waals surface area contributed by atoms with Crippen molar-refractivity contribution in [3.63, 3.8) is 0 Å². The summed E-state index contributed by atoms with van der Waals surface area (Å²) < 4.78 is 6.12. The third-order valence-electron chi connectivity index (χ3n) is 2.05. The van der Waals surface area contributed by atoms with Gasteiger partial charge in [-0.15, -0.1) is 11.3 Å². The maximum atomic E-state index is 11.1. The van der Waals surface area contributed by atoms with E-state index in [1.807, 2.05) is 18.2 Å². The molecule has 1 aromatic heterocycles. The average molecular weight is 207 g/mol. The Kier molecular flexibility index (Phi) is 2.13. The lowest BCUT2D eigenvalue weighted by Gasteiger charge is -1.99. The molecular formula is C10H9NO2S. The van der Waals surface area contributed by atoms with Crippen LogP contribution in [-0.4, -0.2) is 13.0 Å². The normalized spacial score (nSPS) is 10.4. The lowest BCUT2D eigenvalue weighted by Crippen LogP contribution is -2.09. The molecule has 1 amide bonds. The monoisotopic (exact) mass is 207 g/mol. The van der Waals surface area contributed by atoms with Gasteiger partial charge >= 0.3 is 0 Å². The molecule has 0 spiro atoms. The van der Waals surface area contributed by atoms with Gasteiger partial charge in [-0.05, 0) is 18.2 Å². The molecule has 1 aromatic carbocycles. The van der Waals surface area contributed by atoms with Gasteiger partial charge in [0.1, 0.15) is 5.75 Å². The van der Waals surface area contributed by atoms with Gasteiger partial charge < -0.3 is 10.5 Å². The van der Waals surface area contributed by atoms with Crippen LogP contribution < -0.4 is 10.5 Å². The number of primary amides is 1. The maximum Gasteiger partial charge on any atom is 0.250 e. The summed E-state index contributed by atoms with van der Waals surface area (Å²) in [5, 5.41) is 2.63. The summed E-state index contributed by atoms with van der Waals surface area (Å²) in [6, 6.07) is 5.61. The quantitative estimate of drug-likeness (QED) is 0.819.